The number of nitrogens with one attached hydrogen (secondary N) is 2. The standard InChI is InChI=1S/C9H18N2.C8H15N3/c1-4-8-5-6-10-9(11-8)7(2)3;1-5(2)7-9-8(6(3)4)11-10-7/h7-8H,4-6H2,1-3H3,(H,10,11);5-6H,1-4H3,(H,9,10,11). The maximum absolute atomic E-state index is 4.43. The highest BCUT2D eigenvalue weighted by atomic mass is 15.2. The maximum atomic E-state index is 4.43. The largest absolute Gasteiger partial charge is 0.371 e. The zero-order chi connectivity index (χ0) is 16.7. The Hall–Kier alpha value is -1.39. The van der Waals surface area contributed by atoms with Crippen LogP contribution in [0.4, 0.5) is 0 Å². The van der Waals surface area contributed by atoms with Gasteiger partial charge in [0, 0.05) is 30.3 Å². The summed E-state index contributed by atoms with van der Waals surface area (Å²) in [6.07, 6.45) is 2.42. The van der Waals surface area contributed by atoms with Gasteiger partial charge in [-0.05, 0) is 12.8 Å². The molecule has 2 rings (SSSR count). The third kappa shape index (κ3) is 5.78. The monoisotopic (exact) mass is 307 g/mol. The van der Waals surface area contributed by atoms with Crippen molar-refractivity contribution in [3.8, 4) is 0 Å². The fraction of sp³-hybridized carbons (Fsp3) is 0.824. The van der Waals surface area contributed by atoms with E-state index in [1.54, 1.807) is 0 Å². The molecule has 0 spiro atoms. The summed E-state index contributed by atoms with van der Waals surface area (Å²) < 4.78 is 0. The van der Waals surface area contributed by atoms with Gasteiger partial charge in [0.05, 0.1) is 5.84 Å². The van der Waals surface area contributed by atoms with Crippen molar-refractivity contribution in [3.05, 3.63) is 11.6 Å². The van der Waals surface area contributed by atoms with E-state index in [2.05, 4.69) is 74.0 Å². The number of nitrogens with zero attached hydrogens (tertiary/aromatic N) is 3. The second-order valence-corrected chi connectivity index (χ2v) is 6.85. The van der Waals surface area contributed by atoms with E-state index < -0.39 is 0 Å². The van der Waals surface area contributed by atoms with Crippen molar-refractivity contribution in [1.29, 1.82) is 0 Å². The molecule has 0 radical (unpaired) electrons. The summed E-state index contributed by atoms with van der Waals surface area (Å²) in [5.74, 6) is 4.50. The quantitative estimate of drug-likeness (QED) is 0.887. The van der Waals surface area contributed by atoms with Gasteiger partial charge >= 0.3 is 0 Å². The van der Waals surface area contributed by atoms with Gasteiger partial charge in [0.2, 0.25) is 0 Å². The van der Waals surface area contributed by atoms with Crippen LogP contribution in [-0.4, -0.2) is 33.6 Å². The molecule has 1 aliphatic rings. The van der Waals surface area contributed by atoms with E-state index in [1.165, 1.54) is 18.7 Å². The first-order valence-electron chi connectivity index (χ1n) is 8.58. The van der Waals surface area contributed by atoms with Crippen molar-refractivity contribution < 1.29 is 0 Å². The van der Waals surface area contributed by atoms with Crippen molar-refractivity contribution >= 4 is 5.84 Å². The minimum Gasteiger partial charge on any atom is -0.371 e. The molecule has 0 saturated heterocycles. The van der Waals surface area contributed by atoms with Crippen LogP contribution in [0.1, 0.15) is 84.8 Å². The fourth-order valence-corrected chi connectivity index (χ4v) is 2.13. The number of amidine groups is 1. The lowest BCUT2D eigenvalue weighted by Gasteiger charge is -2.25. The lowest BCUT2D eigenvalue weighted by molar-refractivity contribution is 0.514. The summed E-state index contributed by atoms with van der Waals surface area (Å²) in [7, 11) is 0. The summed E-state index contributed by atoms with van der Waals surface area (Å²) in [5, 5.41) is 10.5. The predicted octanol–water partition coefficient (Wildman–Crippen LogP) is 3.86. The van der Waals surface area contributed by atoms with Crippen molar-refractivity contribution in [2.75, 3.05) is 6.54 Å². The fourth-order valence-electron chi connectivity index (χ4n) is 2.13. The second-order valence-electron chi connectivity index (χ2n) is 6.85. The lowest BCUT2D eigenvalue weighted by atomic mass is 10.1. The van der Waals surface area contributed by atoms with E-state index in [1.807, 2.05) is 0 Å². The highest BCUT2D eigenvalue weighted by Crippen LogP contribution is 2.12. The molecule has 22 heavy (non-hydrogen) atoms. The Morgan fingerprint density at radius 3 is 2.14 bits per heavy atom. The summed E-state index contributed by atoms with van der Waals surface area (Å²) in [5.41, 5.74) is 0. The van der Waals surface area contributed by atoms with Gasteiger partial charge in [-0.2, -0.15) is 5.10 Å². The van der Waals surface area contributed by atoms with E-state index in [4.69, 9.17) is 0 Å². The van der Waals surface area contributed by atoms with Crippen LogP contribution < -0.4 is 5.32 Å². The Balaban J connectivity index is 0.000000220. The number of hydrogen-bond donors (Lipinski definition) is 2. The highest BCUT2D eigenvalue weighted by Gasteiger charge is 2.15. The molecule has 126 valence electrons. The molecule has 0 saturated carbocycles. The minimum atomic E-state index is 0.416. The van der Waals surface area contributed by atoms with Gasteiger partial charge < -0.3 is 5.32 Å². The van der Waals surface area contributed by atoms with Crippen LogP contribution in [0.15, 0.2) is 4.99 Å². The van der Waals surface area contributed by atoms with Gasteiger partial charge in [0.15, 0.2) is 5.82 Å². The van der Waals surface area contributed by atoms with Gasteiger partial charge in [0.1, 0.15) is 5.82 Å². The molecular formula is C17H33N5. The molecule has 2 N–H and O–H groups in total. The Kier molecular flexibility index (Phi) is 7.56. The Bertz CT molecular complexity index is 437. The van der Waals surface area contributed by atoms with Crippen molar-refractivity contribution in [3.63, 3.8) is 0 Å². The topological polar surface area (TPSA) is 66.0 Å². The van der Waals surface area contributed by atoms with Gasteiger partial charge in [-0.3, -0.25) is 10.1 Å². The average molecular weight is 307 g/mol. The molecule has 0 aliphatic carbocycles. The van der Waals surface area contributed by atoms with E-state index in [9.17, 15) is 0 Å². The summed E-state index contributed by atoms with van der Waals surface area (Å²) in [4.78, 5) is 8.78. The molecule has 1 aromatic rings. The Labute approximate surface area is 135 Å². The first kappa shape index (κ1) is 18.7. The molecule has 0 fully saturated rings. The van der Waals surface area contributed by atoms with Crippen molar-refractivity contribution in [1.82, 2.24) is 20.5 Å². The maximum Gasteiger partial charge on any atom is 0.153 e. The second kappa shape index (κ2) is 8.91. The predicted molar refractivity (Wildman–Crippen MR) is 93.5 cm³/mol. The van der Waals surface area contributed by atoms with Crippen LogP contribution in [0.3, 0.4) is 0 Å². The van der Waals surface area contributed by atoms with Crippen LogP contribution in [0.2, 0.25) is 0 Å². The third-order valence-electron chi connectivity index (χ3n) is 3.73. The van der Waals surface area contributed by atoms with E-state index in [0.29, 0.717) is 23.8 Å². The number of aromatic nitrogens is 3. The molecule has 5 nitrogen and oxygen atoms in total. The minimum absolute atomic E-state index is 0.416. The summed E-state index contributed by atoms with van der Waals surface area (Å²) in [6.45, 7) is 16.0. The van der Waals surface area contributed by atoms with Crippen LogP contribution in [0.25, 0.3) is 0 Å². The van der Waals surface area contributed by atoms with Crippen LogP contribution in [0, 0.1) is 5.92 Å². The first-order chi connectivity index (χ1) is 10.3. The zero-order valence-corrected chi connectivity index (χ0v) is 15.3. The molecule has 0 bridgehead atoms. The molecule has 0 amide bonds. The molecule has 0 aromatic carbocycles. The number of aliphatic imine (C=N–C) groups is 1. The SMILES string of the molecule is CC(C)c1n[nH]c(C(C)C)n1.CCC1CCN=C(C(C)C)N1. The molecule has 2 heterocycles. The number of H-pyrrole nitrogens is 1. The first-order valence-corrected chi connectivity index (χ1v) is 8.58. The van der Waals surface area contributed by atoms with E-state index in [-0.39, 0.29) is 0 Å². The van der Waals surface area contributed by atoms with Gasteiger partial charge in [0.25, 0.3) is 0 Å². The zero-order valence-electron chi connectivity index (χ0n) is 15.3. The lowest BCUT2D eigenvalue weighted by Crippen LogP contribution is -2.41. The van der Waals surface area contributed by atoms with Crippen molar-refractivity contribution in [2.45, 2.75) is 79.2 Å². The van der Waals surface area contributed by atoms with Gasteiger partial charge in [-0.15, -0.1) is 0 Å². The molecule has 1 aromatic heterocycles. The van der Waals surface area contributed by atoms with Crippen molar-refractivity contribution in [2.24, 2.45) is 10.9 Å². The number of aromatic amines is 1. The highest BCUT2D eigenvalue weighted by molar-refractivity contribution is 5.84. The van der Waals surface area contributed by atoms with Gasteiger partial charge in [-0.1, -0.05) is 48.5 Å². The Morgan fingerprint density at radius 2 is 1.73 bits per heavy atom. The van der Waals surface area contributed by atoms with Crippen LogP contribution in [0.5, 0.6) is 0 Å². The molecule has 1 unspecified atom stereocenters. The van der Waals surface area contributed by atoms with Gasteiger partial charge in [-0.25, -0.2) is 4.98 Å². The van der Waals surface area contributed by atoms with E-state index >= 15 is 0 Å². The smallest absolute Gasteiger partial charge is 0.153 e. The molecule has 1 aliphatic heterocycles. The summed E-state index contributed by atoms with van der Waals surface area (Å²) in [6, 6.07) is 0.671. The third-order valence-corrected chi connectivity index (χ3v) is 3.73. The van der Waals surface area contributed by atoms with Crippen LogP contribution >= 0.6 is 0 Å². The number of rotatable bonds is 4. The molecule has 5 heteroatoms. The number of hydrogen-bond acceptors (Lipinski definition) is 4. The molecular weight excluding hydrogens is 274 g/mol. The normalized spacial score (nSPS) is 18.1. The molecule has 1 atom stereocenters. The summed E-state index contributed by atoms with van der Waals surface area (Å²) >= 11 is 0. The Morgan fingerprint density at radius 1 is 1.05 bits per heavy atom. The van der Waals surface area contributed by atoms with E-state index in [0.717, 1.165) is 18.2 Å². The average Bonchev–Trinajstić information content (AvgIpc) is 2.98. The van der Waals surface area contributed by atoms with Crippen LogP contribution in [-0.2, 0) is 0 Å².